The molecule has 0 radical (unpaired) electrons. The predicted octanol–water partition coefficient (Wildman–Crippen LogP) is 3.95. The first-order valence-corrected chi connectivity index (χ1v) is 8.19. The second kappa shape index (κ2) is 6.75. The van der Waals surface area contributed by atoms with E-state index in [1.807, 2.05) is 23.8 Å². The van der Waals surface area contributed by atoms with Crippen molar-refractivity contribution < 1.29 is 9.18 Å². The highest BCUT2D eigenvalue weighted by molar-refractivity contribution is 7.07. The lowest BCUT2D eigenvalue weighted by Crippen LogP contribution is -2.15. The molecule has 0 bridgehead atoms. The Labute approximate surface area is 137 Å². The van der Waals surface area contributed by atoms with Crippen molar-refractivity contribution in [3.63, 3.8) is 0 Å². The molecule has 0 saturated heterocycles. The predicted molar refractivity (Wildman–Crippen MR) is 89.5 cm³/mol. The number of aromatic nitrogens is 2. The van der Waals surface area contributed by atoms with Crippen LogP contribution in [0.25, 0.3) is 5.69 Å². The molecule has 1 N–H and O–H groups in total. The van der Waals surface area contributed by atoms with Gasteiger partial charge in [-0.3, -0.25) is 4.79 Å². The summed E-state index contributed by atoms with van der Waals surface area (Å²) in [4.78, 5) is 12.1. The fourth-order valence-electron chi connectivity index (χ4n) is 2.27. The highest BCUT2D eigenvalue weighted by Gasteiger charge is 2.11. The van der Waals surface area contributed by atoms with E-state index >= 15 is 0 Å². The van der Waals surface area contributed by atoms with Crippen LogP contribution in [-0.4, -0.2) is 15.7 Å². The molecule has 0 unspecified atom stereocenters. The van der Waals surface area contributed by atoms with E-state index in [0.29, 0.717) is 24.3 Å². The number of carbonyl (C=O) groups is 1. The highest BCUT2D eigenvalue weighted by Crippen LogP contribution is 2.18. The summed E-state index contributed by atoms with van der Waals surface area (Å²) < 4.78 is 14.7. The molecule has 0 saturated carbocycles. The maximum Gasteiger partial charge on any atom is 0.225 e. The normalized spacial score (nSPS) is 10.7. The summed E-state index contributed by atoms with van der Waals surface area (Å²) in [6.07, 6.45) is 1.11. The Bertz CT molecular complexity index is 794. The van der Waals surface area contributed by atoms with Gasteiger partial charge >= 0.3 is 0 Å². The summed E-state index contributed by atoms with van der Waals surface area (Å²) in [7, 11) is 0. The molecule has 118 valence electrons. The number of aryl methyl sites for hydroxylation is 2. The molecule has 3 rings (SSSR count). The van der Waals surface area contributed by atoms with Gasteiger partial charge in [0.1, 0.15) is 11.6 Å². The fraction of sp³-hybridized carbons (Fsp3) is 0.176. The standard InChI is InChI=1S/C17H16FN3OS/c1-12-10-16(19-17(22)7-2-13-8-9-23-11-13)21(20-12)15-5-3-14(18)4-6-15/h3-6,8-11H,2,7H2,1H3,(H,19,22). The smallest absolute Gasteiger partial charge is 0.225 e. The van der Waals surface area contributed by atoms with Gasteiger partial charge in [0.25, 0.3) is 0 Å². The molecule has 2 aromatic heterocycles. The van der Waals surface area contributed by atoms with Crippen LogP contribution in [0.2, 0.25) is 0 Å². The first-order valence-electron chi connectivity index (χ1n) is 7.25. The second-order valence-electron chi connectivity index (χ2n) is 5.24. The molecule has 0 fully saturated rings. The number of amides is 1. The Morgan fingerprint density at radius 3 is 2.78 bits per heavy atom. The van der Waals surface area contributed by atoms with E-state index in [-0.39, 0.29) is 11.7 Å². The van der Waals surface area contributed by atoms with Crippen LogP contribution in [0, 0.1) is 12.7 Å². The van der Waals surface area contributed by atoms with Crippen LogP contribution in [0.3, 0.4) is 0 Å². The maximum absolute atomic E-state index is 13.1. The van der Waals surface area contributed by atoms with Gasteiger partial charge in [0.15, 0.2) is 0 Å². The monoisotopic (exact) mass is 329 g/mol. The lowest BCUT2D eigenvalue weighted by atomic mass is 10.2. The van der Waals surface area contributed by atoms with Gasteiger partial charge < -0.3 is 5.32 Å². The third kappa shape index (κ3) is 3.84. The third-order valence-corrected chi connectivity index (χ3v) is 4.12. The molecule has 4 nitrogen and oxygen atoms in total. The number of hydrogen-bond acceptors (Lipinski definition) is 3. The van der Waals surface area contributed by atoms with Gasteiger partial charge in [-0.2, -0.15) is 16.4 Å². The van der Waals surface area contributed by atoms with E-state index in [1.165, 1.54) is 12.1 Å². The van der Waals surface area contributed by atoms with Crippen molar-refractivity contribution in [1.29, 1.82) is 0 Å². The van der Waals surface area contributed by atoms with Gasteiger partial charge in [-0.25, -0.2) is 9.07 Å². The van der Waals surface area contributed by atoms with Crippen LogP contribution in [0.1, 0.15) is 17.7 Å². The zero-order chi connectivity index (χ0) is 16.2. The quantitative estimate of drug-likeness (QED) is 0.770. The summed E-state index contributed by atoms with van der Waals surface area (Å²) in [5.74, 6) is 0.211. The average Bonchev–Trinajstić information content (AvgIpc) is 3.16. The number of carbonyl (C=O) groups excluding carboxylic acids is 1. The van der Waals surface area contributed by atoms with Crippen molar-refractivity contribution in [3.05, 3.63) is 64.2 Å². The van der Waals surface area contributed by atoms with Crippen LogP contribution in [-0.2, 0) is 11.2 Å². The van der Waals surface area contributed by atoms with E-state index in [9.17, 15) is 9.18 Å². The molecule has 3 aromatic rings. The van der Waals surface area contributed by atoms with Gasteiger partial charge in [-0.05, 0) is 60.0 Å². The van der Waals surface area contributed by atoms with E-state index in [0.717, 1.165) is 11.3 Å². The number of anilines is 1. The number of hydrogen-bond donors (Lipinski definition) is 1. The molecule has 0 spiro atoms. The lowest BCUT2D eigenvalue weighted by Gasteiger charge is -2.08. The first-order chi connectivity index (χ1) is 11.1. The van der Waals surface area contributed by atoms with Crippen molar-refractivity contribution in [3.8, 4) is 5.69 Å². The summed E-state index contributed by atoms with van der Waals surface area (Å²) >= 11 is 1.62. The third-order valence-electron chi connectivity index (χ3n) is 3.39. The van der Waals surface area contributed by atoms with E-state index in [1.54, 1.807) is 34.2 Å². The molecule has 2 heterocycles. The number of nitrogens with one attached hydrogen (secondary N) is 1. The maximum atomic E-state index is 13.1. The van der Waals surface area contributed by atoms with Crippen molar-refractivity contribution in [1.82, 2.24) is 9.78 Å². The summed E-state index contributed by atoms with van der Waals surface area (Å²) in [6, 6.07) is 9.81. The SMILES string of the molecule is Cc1cc(NC(=O)CCc2ccsc2)n(-c2ccc(F)cc2)n1. The number of benzene rings is 1. The number of halogens is 1. The van der Waals surface area contributed by atoms with Crippen molar-refractivity contribution in [2.24, 2.45) is 0 Å². The van der Waals surface area contributed by atoms with Crippen LogP contribution in [0.15, 0.2) is 47.2 Å². The first kappa shape index (κ1) is 15.4. The Morgan fingerprint density at radius 1 is 1.30 bits per heavy atom. The molecular weight excluding hydrogens is 313 g/mol. The van der Waals surface area contributed by atoms with Crippen molar-refractivity contribution >= 4 is 23.1 Å². The van der Waals surface area contributed by atoms with Crippen LogP contribution >= 0.6 is 11.3 Å². The number of thiophene rings is 1. The molecule has 1 aromatic carbocycles. The van der Waals surface area contributed by atoms with Gasteiger partial charge in [-0.15, -0.1) is 0 Å². The molecule has 6 heteroatoms. The minimum Gasteiger partial charge on any atom is -0.311 e. The molecule has 0 aliphatic rings. The Hall–Kier alpha value is -2.47. The minimum absolute atomic E-state index is 0.0699. The van der Waals surface area contributed by atoms with Crippen molar-refractivity contribution in [2.45, 2.75) is 19.8 Å². The van der Waals surface area contributed by atoms with Crippen LogP contribution < -0.4 is 5.32 Å². The van der Waals surface area contributed by atoms with Crippen LogP contribution in [0.4, 0.5) is 10.2 Å². The molecular formula is C17H16FN3OS. The Balaban J connectivity index is 1.72. The topological polar surface area (TPSA) is 46.9 Å². The molecule has 0 aliphatic carbocycles. The Morgan fingerprint density at radius 2 is 2.09 bits per heavy atom. The minimum atomic E-state index is -0.307. The number of rotatable bonds is 5. The zero-order valence-corrected chi connectivity index (χ0v) is 13.4. The van der Waals surface area contributed by atoms with Gasteiger partial charge in [0, 0.05) is 12.5 Å². The van der Waals surface area contributed by atoms with Crippen LogP contribution in [0.5, 0.6) is 0 Å². The van der Waals surface area contributed by atoms with E-state index in [2.05, 4.69) is 10.4 Å². The highest BCUT2D eigenvalue weighted by atomic mass is 32.1. The van der Waals surface area contributed by atoms with Gasteiger partial charge in [0.05, 0.1) is 11.4 Å². The van der Waals surface area contributed by atoms with Gasteiger partial charge in [0.2, 0.25) is 5.91 Å². The van der Waals surface area contributed by atoms with E-state index < -0.39 is 0 Å². The average molecular weight is 329 g/mol. The van der Waals surface area contributed by atoms with Crippen molar-refractivity contribution in [2.75, 3.05) is 5.32 Å². The lowest BCUT2D eigenvalue weighted by molar-refractivity contribution is -0.116. The summed E-state index contributed by atoms with van der Waals surface area (Å²) in [6.45, 7) is 1.85. The molecule has 0 aliphatic heterocycles. The Kier molecular flexibility index (Phi) is 4.52. The fourth-order valence-corrected chi connectivity index (χ4v) is 2.97. The molecule has 23 heavy (non-hydrogen) atoms. The molecule has 1 amide bonds. The summed E-state index contributed by atoms with van der Waals surface area (Å²) in [5, 5.41) is 11.3. The largest absolute Gasteiger partial charge is 0.311 e. The van der Waals surface area contributed by atoms with Gasteiger partial charge in [-0.1, -0.05) is 0 Å². The zero-order valence-electron chi connectivity index (χ0n) is 12.6. The number of nitrogens with zero attached hydrogens (tertiary/aromatic N) is 2. The van der Waals surface area contributed by atoms with E-state index in [4.69, 9.17) is 0 Å². The second-order valence-corrected chi connectivity index (χ2v) is 6.02. The summed E-state index contributed by atoms with van der Waals surface area (Å²) in [5.41, 5.74) is 2.64. The molecule has 0 atom stereocenters.